The maximum atomic E-state index is 13.5. The van der Waals surface area contributed by atoms with Gasteiger partial charge in [0, 0.05) is 30.6 Å². The van der Waals surface area contributed by atoms with Crippen LogP contribution in [0.4, 0.5) is 9.18 Å². The van der Waals surface area contributed by atoms with Crippen molar-refractivity contribution in [2.75, 3.05) is 13.1 Å². The van der Waals surface area contributed by atoms with Crippen molar-refractivity contribution in [3.8, 4) is 0 Å². The van der Waals surface area contributed by atoms with E-state index in [1.807, 2.05) is 0 Å². The summed E-state index contributed by atoms with van der Waals surface area (Å²) < 4.78 is 13.5. The van der Waals surface area contributed by atoms with Crippen LogP contribution in [-0.4, -0.2) is 44.4 Å². The van der Waals surface area contributed by atoms with Gasteiger partial charge in [0.2, 0.25) is 5.95 Å². The van der Waals surface area contributed by atoms with Crippen LogP contribution in [0.3, 0.4) is 0 Å². The highest BCUT2D eigenvalue weighted by atomic mass is 19.1. The summed E-state index contributed by atoms with van der Waals surface area (Å²) in [4.78, 5) is 16.0. The highest BCUT2D eigenvalue weighted by Crippen LogP contribution is 2.30. The lowest BCUT2D eigenvalue weighted by Crippen LogP contribution is -2.38. The van der Waals surface area contributed by atoms with E-state index >= 15 is 0 Å². The molecule has 0 aliphatic carbocycles. The fourth-order valence-electron chi connectivity index (χ4n) is 2.62. The molecule has 100 valence electrons. The van der Waals surface area contributed by atoms with Crippen molar-refractivity contribution >= 4 is 17.0 Å². The number of H-pyrrole nitrogens is 1. The number of aromatic amines is 1. The average molecular weight is 264 g/mol. The van der Waals surface area contributed by atoms with Crippen LogP contribution in [0.2, 0.25) is 0 Å². The molecule has 1 atom stereocenters. The van der Waals surface area contributed by atoms with E-state index in [4.69, 9.17) is 5.11 Å². The molecule has 19 heavy (non-hydrogen) atoms. The predicted octanol–water partition coefficient (Wildman–Crippen LogP) is 1.95. The number of halogens is 1. The Balaban J connectivity index is 1.96. The van der Waals surface area contributed by atoms with Gasteiger partial charge >= 0.3 is 6.09 Å². The first-order valence-electron chi connectivity index (χ1n) is 6.13. The summed E-state index contributed by atoms with van der Waals surface area (Å²) in [6.07, 6.45) is 2.12. The number of likely N-dealkylation sites (tertiary alicyclic amines) is 1. The molecule has 1 unspecified atom stereocenters. The number of carbonyl (C=O) groups is 1. The normalized spacial score (nSPS) is 19.8. The molecule has 2 aromatic heterocycles. The molecule has 3 rings (SSSR count). The van der Waals surface area contributed by atoms with Gasteiger partial charge in [0.05, 0.1) is 5.69 Å². The first kappa shape index (κ1) is 11.9. The van der Waals surface area contributed by atoms with Crippen molar-refractivity contribution in [3.05, 3.63) is 23.9 Å². The van der Waals surface area contributed by atoms with Crippen LogP contribution in [0.15, 0.2) is 12.3 Å². The molecule has 2 N–H and O–H groups in total. The predicted molar refractivity (Wildman–Crippen MR) is 65.4 cm³/mol. The average Bonchev–Trinajstić information content (AvgIpc) is 2.84. The van der Waals surface area contributed by atoms with Crippen LogP contribution in [-0.2, 0) is 0 Å². The second-order valence-corrected chi connectivity index (χ2v) is 4.70. The Hall–Kier alpha value is -2.18. The molecule has 1 aliphatic rings. The summed E-state index contributed by atoms with van der Waals surface area (Å²) in [6, 6.07) is 1.71. The highest BCUT2D eigenvalue weighted by Gasteiger charge is 2.27. The summed E-state index contributed by atoms with van der Waals surface area (Å²) in [6.45, 7) is 0.948. The van der Waals surface area contributed by atoms with E-state index in [-0.39, 0.29) is 11.4 Å². The van der Waals surface area contributed by atoms with Crippen molar-refractivity contribution < 1.29 is 14.3 Å². The second kappa shape index (κ2) is 4.49. The molecule has 0 saturated carbocycles. The van der Waals surface area contributed by atoms with Crippen molar-refractivity contribution in [2.45, 2.75) is 18.8 Å². The van der Waals surface area contributed by atoms with Crippen molar-refractivity contribution in [3.63, 3.8) is 0 Å². The zero-order chi connectivity index (χ0) is 13.4. The number of hydrogen-bond acceptors (Lipinski definition) is 3. The molecule has 1 aliphatic heterocycles. The molecule has 6 nitrogen and oxygen atoms in total. The number of nitrogens with zero attached hydrogens (tertiary/aromatic N) is 3. The highest BCUT2D eigenvalue weighted by molar-refractivity contribution is 5.81. The standard InChI is InChI=1S/C12H13FN4O2/c13-11-10-8(3-4-14-11)9(15-16-10)7-2-1-5-17(6-7)12(18)19/h3-4,7H,1-2,5-6H2,(H,15,16)(H,18,19). The summed E-state index contributed by atoms with van der Waals surface area (Å²) in [5, 5.41) is 16.5. The van der Waals surface area contributed by atoms with Gasteiger partial charge in [-0.3, -0.25) is 5.10 Å². The van der Waals surface area contributed by atoms with E-state index in [1.54, 1.807) is 6.07 Å². The monoisotopic (exact) mass is 264 g/mol. The van der Waals surface area contributed by atoms with Crippen molar-refractivity contribution in [1.82, 2.24) is 20.1 Å². The van der Waals surface area contributed by atoms with Gasteiger partial charge in [-0.1, -0.05) is 0 Å². The zero-order valence-corrected chi connectivity index (χ0v) is 10.1. The summed E-state index contributed by atoms with van der Waals surface area (Å²) in [5.41, 5.74) is 1.01. The smallest absolute Gasteiger partial charge is 0.407 e. The number of aromatic nitrogens is 3. The minimum atomic E-state index is -0.919. The van der Waals surface area contributed by atoms with E-state index in [2.05, 4.69) is 15.2 Å². The summed E-state index contributed by atoms with van der Waals surface area (Å²) in [5.74, 6) is -0.581. The fourth-order valence-corrected chi connectivity index (χ4v) is 2.62. The Bertz CT molecular complexity index is 627. The molecule has 0 aromatic carbocycles. The Morgan fingerprint density at radius 3 is 3.21 bits per heavy atom. The van der Waals surface area contributed by atoms with Crippen LogP contribution in [0.25, 0.3) is 10.9 Å². The van der Waals surface area contributed by atoms with E-state index in [0.717, 1.165) is 18.5 Å². The number of rotatable bonds is 1. The number of piperidine rings is 1. The number of pyridine rings is 1. The molecule has 2 aromatic rings. The van der Waals surface area contributed by atoms with Crippen LogP contribution in [0.5, 0.6) is 0 Å². The topological polar surface area (TPSA) is 82.1 Å². The third-order valence-electron chi connectivity index (χ3n) is 3.55. The molecule has 3 heterocycles. The lowest BCUT2D eigenvalue weighted by atomic mass is 9.93. The second-order valence-electron chi connectivity index (χ2n) is 4.70. The Morgan fingerprint density at radius 1 is 1.58 bits per heavy atom. The number of amides is 1. The SMILES string of the molecule is O=C(O)N1CCCC(c2n[nH]c3c(F)nccc23)C1. The van der Waals surface area contributed by atoms with Crippen LogP contribution >= 0.6 is 0 Å². The number of carboxylic acid groups (broad SMARTS) is 1. The molecule has 1 amide bonds. The van der Waals surface area contributed by atoms with Crippen LogP contribution in [0.1, 0.15) is 24.5 Å². The van der Waals surface area contributed by atoms with Gasteiger partial charge < -0.3 is 10.0 Å². The van der Waals surface area contributed by atoms with Gasteiger partial charge in [0.25, 0.3) is 0 Å². The van der Waals surface area contributed by atoms with Gasteiger partial charge in [-0.2, -0.15) is 9.49 Å². The van der Waals surface area contributed by atoms with Gasteiger partial charge in [-0.25, -0.2) is 9.78 Å². The minimum Gasteiger partial charge on any atom is -0.465 e. The Kier molecular flexibility index (Phi) is 2.81. The van der Waals surface area contributed by atoms with Crippen molar-refractivity contribution in [1.29, 1.82) is 0 Å². The van der Waals surface area contributed by atoms with E-state index in [0.29, 0.717) is 18.5 Å². The zero-order valence-electron chi connectivity index (χ0n) is 10.1. The molecule has 7 heteroatoms. The Morgan fingerprint density at radius 2 is 2.42 bits per heavy atom. The van der Waals surface area contributed by atoms with E-state index in [1.165, 1.54) is 11.1 Å². The summed E-state index contributed by atoms with van der Waals surface area (Å²) >= 11 is 0. The number of nitrogens with one attached hydrogen (secondary N) is 1. The third-order valence-corrected chi connectivity index (χ3v) is 3.55. The molecule has 0 bridgehead atoms. The fraction of sp³-hybridized carbons (Fsp3) is 0.417. The summed E-state index contributed by atoms with van der Waals surface area (Å²) in [7, 11) is 0. The van der Waals surface area contributed by atoms with E-state index in [9.17, 15) is 9.18 Å². The quantitative estimate of drug-likeness (QED) is 0.771. The lowest BCUT2D eigenvalue weighted by molar-refractivity contribution is 0.130. The van der Waals surface area contributed by atoms with Gasteiger partial charge in [0.15, 0.2) is 0 Å². The molecule has 0 radical (unpaired) electrons. The van der Waals surface area contributed by atoms with Gasteiger partial charge in [0.1, 0.15) is 5.52 Å². The maximum Gasteiger partial charge on any atom is 0.407 e. The first-order chi connectivity index (χ1) is 9.16. The third kappa shape index (κ3) is 2.00. The number of hydrogen-bond donors (Lipinski definition) is 2. The Labute approximate surface area is 108 Å². The molecular weight excluding hydrogens is 251 g/mol. The number of fused-ring (bicyclic) bond motifs is 1. The van der Waals surface area contributed by atoms with Crippen LogP contribution in [0, 0.1) is 5.95 Å². The van der Waals surface area contributed by atoms with Gasteiger partial charge in [-0.15, -0.1) is 0 Å². The van der Waals surface area contributed by atoms with E-state index < -0.39 is 12.0 Å². The lowest BCUT2D eigenvalue weighted by Gasteiger charge is -2.29. The molecule has 0 spiro atoms. The molecule has 1 saturated heterocycles. The largest absolute Gasteiger partial charge is 0.465 e. The minimum absolute atomic E-state index is 0.000370. The van der Waals surface area contributed by atoms with Crippen molar-refractivity contribution in [2.24, 2.45) is 0 Å². The van der Waals surface area contributed by atoms with Gasteiger partial charge in [-0.05, 0) is 18.9 Å². The molecule has 1 fully saturated rings. The molecular formula is C12H13FN4O2. The first-order valence-corrected chi connectivity index (χ1v) is 6.13. The maximum absolute atomic E-state index is 13.5. The van der Waals surface area contributed by atoms with Crippen LogP contribution < -0.4 is 0 Å².